The monoisotopic (exact) mass is 351 g/mol. The molecule has 0 unspecified atom stereocenters. The first-order valence-electron chi connectivity index (χ1n) is 7.38. The van der Waals surface area contributed by atoms with Crippen LogP contribution in [0.2, 0.25) is 0 Å². The van der Waals surface area contributed by atoms with Gasteiger partial charge in [0.05, 0.1) is 31.9 Å². The molecular formula is C16H21N3O4S. The predicted octanol–water partition coefficient (Wildman–Crippen LogP) is 2.47. The van der Waals surface area contributed by atoms with Gasteiger partial charge in [-0.25, -0.2) is 13.4 Å². The second kappa shape index (κ2) is 7.87. The number of hydrogen-bond acceptors (Lipinski definition) is 6. The van der Waals surface area contributed by atoms with Gasteiger partial charge in [0.1, 0.15) is 5.82 Å². The van der Waals surface area contributed by atoms with Crippen molar-refractivity contribution >= 4 is 21.5 Å². The number of benzene rings is 1. The first kappa shape index (κ1) is 17.9. The average Bonchev–Trinajstić information content (AvgIpc) is 2.60. The number of rotatable bonds is 8. The molecule has 0 radical (unpaired) electrons. The quantitative estimate of drug-likeness (QED) is 0.759. The summed E-state index contributed by atoms with van der Waals surface area (Å²) in [5, 5.41) is 3.17. The van der Waals surface area contributed by atoms with Crippen LogP contribution in [-0.4, -0.2) is 33.4 Å². The molecule has 0 aliphatic heterocycles. The number of anilines is 2. The first-order chi connectivity index (χ1) is 11.5. The van der Waals surface area contributed by atoms with E-state index in [4.69, 9.17) is 9.47 Å². The van der Waals surface area contributed by atoms with E-state index in [1.807, 2.05) is 18.2 Å². The van der Waals surface area contributed by atoms with Crippen LogP contribution < -0.4 is 19.5 Å². The number of nitrogens with zero attached hydrogens (tertiary/aromatic N) is 1. The maximum Gasteiger partial charge on any atom is 0.232 e. The lowest BCUT2D eigenvalue weighted by Gasteiger charge is -2.11. The van der Waals surface area contributed by atoms with Gasteiger partial charge in [-0.05, 0) is 36.8 Å². The van der Waals surface area contributed by atoms with Gasteiger partial charge >= 0.3 is 0 Å². The van der Waals surface area contributed by atoms with Crippen LogP contribution in [-0.2, 0) is 16.6 Å². The Bertz CT molecular complexity index is 776. The third-order valence-corrected chi connectivity index (χ3v) is 4.65. The smallest absolute Gasteiger partial charge is 0.232 e. The Labute approximate surface area is 142 Å². The molecule has 0 atom stereocenters. The van der Waals surface area contributed by atoms with E-state index in [0.29, 0.717) is 29.5 Å². The lowest BCUT2D eigenvalue weighted by atomic mass is 10.2. The first-order valence-corrected chi connectivity index (χ1v) is 9.04. The van der Waals surface area contributed by atoms with E-state index in [1.54, 1.807) is 33.3 Å². The lowest BCUT2D eigenvalue weighted by molar-refractivity contribution is 0.354. The van der Waals surface area contributed by atoms with Crippen molar-refractivity contribution in [3.63, 3.8) is 0 Å². The van der Waals surface area contributed by atoms with Gasteiger partial charge in [0.25, 0.3) is 0 Å². The number of hydrogen-bond donors (Lipinski definition) is 2. The number of pyridine rings is 1. The zero-order valence-electron chi connectivity index (χ0n) is 13.9. The molecule has 0 bridgehead atoms. The summed E-state index contributed by atoms with van der Waals surface area (Å²) in [5.41, 5.74) is 1.44. The van der Waals surface area contributed by atoms with Gasteiger partial charge in [-0.1, -0.05) is 6.07 Å². The Hall–Kier alpha value is -2.48. The van der Waals surface area contributed by atoms with Crippen LogP contribution in [0.25, 0.3) is 0 Å². The van der Waals surface area contributed by atoms with Crippen molar-refractivity contribution in [3.8, 4) is 11.5 Å². The van der Waals surface area contributed by atoms with Crippen LogP contribution in [0.3, 0.4) is 0 Å². The zero-order chi connectivity index (χ0) is 17.6. The molecule has 0 amide bonds. The van der Waals surface area contributed by atoms with E-state index in [2.05, 4.69) is 15.0 Å². The summed E-state index contributed by atoms with van der Waals surface area (Å²) in [7, 11) is -0.110. The Morgan fingerprint density at radius 2 is 1.83 bits per heavy atom. The van der Waals surface area contributed by atoms with Crippen LogP contribution in [0, 0.1) is 0 Å². The fourth-order valence-corrected chi connectivity index (χ4v) is 2.62. The summed E-state index contributed by atoms with van der Waals surface area (Å²) < 4.78 is 35.9. The van der Waals surface area contributed by atoms with Crippen molar-refractivity contribution in [3.05, 3.63) is 42.1 Å². The number of nitrogens with one attached hydrogen (secondary N) is 2. The van der Waals surface area contributed by atoms with Crippen molar-refractivity contribution in [2.24, 2.45) is 0 Å². The second-order valence-electron chi connectivity index (χ2n) is 4.98. The highest BCUT2D eigenvalue weighted by molar-refractivity contribution is 7.92. The van der Waals surface area contributed by atoms with E-state index in [1.165, 1.54) is 6.20 Å². The summed E-state index contributed by atoms with van der Waals surface area (Å²) in [5.74, 6) is 2.00. The Kier molecular flexibility index (Phi) is 5.86. The van der Waals surface area contributed by atoms with Gasteiger partial charge in [-0.15, -0.1) is 0 Å². The summed E-state index contributed by atoms with van der Waals surface area (Å²) >= 11 is 0. The molecule has 0 spiro atoms. The van der Waals surface area contributed by atoms with Gasteiger partial charge in [-0.2, -0.15) is 0 Å². The van der Waals surface area contributed by atoms with Gasteiger partial charge in [0, 0.05) is 6.54 Å². The normalized spacial score (nSPS) is 11.0. The fraction of sp³-hybridized carbons (Fsp3) is 0.312. The second-order valence-corrected chi connectivity index (χ2v) is 6.99. The van der Waals surface area contributed by atoms with Gasteiger partial charge in [0.2, 0.25) is 10.0 Å². The highest BCUT2D eigenvalue weighted by atomic mass is 32.2. The van der Waals surface area contributed by atoms with Crippen LogP contribution in [0.15, 0.2) is 36.5 Å². The predicted molar refractivity (Wildman–Crippen MR) is 94.2 cm³/mol. The van der Waals surface area contributed by atoms with E-state index in [9.17, 15) is 8.42 Å². The van der Waals surface area contributed by atoms with Crippen LogP contribution >= 0.6 is 0 Å². The zero-order valence-corrected chi connectivity index (χ0v) is 14.7. The molecule has 1 aromatic carbocycles. The molecule has 2 rings (SSSR count). The number of ether oxygens (including phenoxy) is 2. The molecule has 0 saturated heterocycles. The molecule has 1 aromatic heterocycles. The lowest BCUT2D eigenvalue weighted by Crippen LogP contribution is -2.14. The molecule has 7 nitrogen and oxygen atoms in total. The molecule has 1 heterocycles. The molecule has 130 valence electrons. The molecule has 2 aromatic rings. The van der Waals surface area contributed by atoms with Gasteiger partial charge < -0.3 is 14.8 Å². The minimum Gasteiger partial charge on any atom is -0.493 e. The molecule has 2 N–H and O–H groups in total. The van der Waals surface area contributed by atoms with Gasteiger partial charge in [-0.3, -0.25) is 4.72 Å². The van der Waals surface area contributed by atoms with Crippen molar-refractivity contribution < 1.29 is 17.9 Å². The Morgan fingerprint density at radius 1 is 1.08 bits per heavy atom. The topological polar surface area (TPSA) is 89.6 Å². The SMILES string of the molecule is CCS(=O)(=O)Nc1ccc(NCc2ccc(OC)c(OC)c2)nc1. The minimum atomic E-state index is -3.29. The maximum absolute atomic E-state index is 11.5. The van der Waals surface area contributed by atoms with E-state index >= 15 is 0 Å². The van der Waals surface area contributed by atoms with Crippen molar-refractivity contribution in [1.29, 1.82) is 0 Å². The number of aromatic nitrogens is 1. The van der Waals surface area contributed by atoms with E-state index < -0.39 is 10.0 Å². The van der Waals surface area contributed by atoms with Crippen LogP contribution in [0.4, 0.5) is 11.5 Å². The van der Waals surface area contributed by atoms with E-state index in [-0.39, 0.29) is 5.75 Å². The number of sulfonamides is 1. The third kappa shape index (κ3) is 4.76. The van der Waals surface area contributed by atoms with Crippen molar-refractivity contribution in [2.45, 2.75) is 13.5 Å². The van der Waals surface area contributed by atoms with Crippen molar-refractivity contribution in [2.75, 3.05) is 30.0 Å². The summed E-state index contributed by atoms with van der Waals surface area (Å²) in [4.78, 5) is 4.19. The Balaban J connectivity index is 2.00. The average molecular weight is 351 g/mol. The van der Waals surface area contributed by atoms with E-state index in [0.717, 1.165) is 5.56 Å². The van der Waals surface area contributed by atoms with Crippen LogP contribution in [0.1, 0.15) is 12.5 Å². The molecule has 0 saturated carbocycles. The van der Waals surface area contributed by atoms with Crippen LogP contribution in [0.5, 0.6) is 11.5 Å². The highest BCUT2D eigenvalue weighted by Crippen LogP contribution is 2.27. The summed E-state index contributed by atoms with van der Waals surface area (Å²) in [6.07, 6.45) is 1.48. The molecule has 0 fully saturated rings. The van der Waals surface area contributed by atoms with Crippen molar-refractivity contribution in [1.82, 2.24) is 4.98 Å². The maximum atomic E-state index is 11.5. The highest BCUT2D eigenvalue weighted by Gasteiger charge is 2.07. The third-order valence-electron chi connectivity index (χ3n) is 3.34. The Morgan fingerprint density at radius 3 is 2.42 bits per heavy atom. The minimum absolute atomic E-state index is 0.0201. The fourth-order valence-electron chi connectivity index (χ4n) is 1.99. The standard InChI is InChI=1S/C16H21N3O4S/c1-4-24(20,21)19-13-6-8-16(18-11-13)17-10-12-5-7-14(22-2)15(9-12)23-3/h5-9,11,19H,4,10H2,1-3H3,(H,17,18). The van der Waals surface area contributed by atoms with Gasteiger partial charge in [0.15, 0.2) is 11.5 Å². The molecule has 0 aliphatic rings. The largest absolute Gasteiger partial charge is 0.493 e. The number of methoxy groups -OCH3 is 2. The summed E-state index contributed by atoms with van der Waals surface area (Å²) in [6, 6.07) is 9.03. The molecule has 24 heavy (non-hydrogen) atoms. The summed E-state index contributed by atoms with van der Waals surface area (Å²) in [6.45, 7) is 2.13. The molecule has 8 heteroatoms. The molecular weight excluding hydrogens is 330 g/mol. The molecule has 0 aliphatic carbocycles.